The van der Waals surface area contributed by atoms with Crippen LogP contribution in [-0.4, -0.2) is 43.9 Å². The zero-order valence-corrected chi connectivity index (χ0v) is 23.2. The molecule has 0 atom stereocenters. The number of aliphatic hydroxyl groups excluding tert-OH is 1. The molecule has 7 heteroatoms. The Morgan fingerprint density at radius 1 is 0.850 bits per heavy atom. The number of amides is 1. The van der Waals surface area contributed by atoms with Crippen molar-refractivity contribution in [3.8, 4) is 28.5 Å². The van der Waals surface area contributed by atoms with Crippen LogP contribution in [0, 0.1) is 6.92 Å². The summed E-state index contributed by atoms with van der Waals surface area (Å²) in [6.45, 7) is 2.23. The molecule has 0 unspecified atom stereocenters. The zero-order chi connectivity index (χ0) is 28.6. The highest BCUT2D eigenvalue weighted by molar-refractivity contribution is 6.06. The van der Waals surface area contributed by atoms with E-state index in [1.54, 1.807) is 39.5 Å². The van der Waals surface area contributed by atoms with Crippen molar-refractivity contribution >= 4 is 27.6 Å². The second-order valence-corrected chi connectivity index (χ2v) is 9.36. The molecule has 40 heavy (non-hydrogen) atoms. The number of methoxy groups -OCH3 is 3. The molecular formula is C33H34N2O5. The molecule has 0 saturated carbocycles. The molecule has 0 bridgehead atoms. The number of aliphatic hydroxyl groups is 1. The molecule has 0 radical (unpaired) electrons. The van der Waals surface area contributed by atoms with E-state index < -0.39 is 5.91 Å². The van der Waals surface area contributed by atoms with Gasteiger partial charge >= 0.3 is 0 Å². The molecular weight excluding hydrogens is 504 g/mol. The maximum atomic E-state index is 12.0. The fourth-order valence-corrected chi connectivity index (χ4v) is 4.60. The quantitative estimate of drug-likeness (QED) is 0.247. The summed E-state index contributed by atoms with van der Waals surface area (Å²) in [4.78, 5) is 16.7. The van der Waals surface area contributed by atoms with E-state index >= 15 is 0 Å². The number of aromatic nitrogens is 1. The van der Waals surface area contributed by atoms with Crippen molar-refractivity contribution in [1.29, 1.82) is 0 Å². The third-order valence-corrected chi connectivity index (χ3v) is 6.63. The van der Waals surface area contributed by atoms with Crippen molar-refractivity contribution in [2.24, 2.45) is 5.73 Å². The smallest absolute Gasteiger partial charge is 0.249 e. The van der Waals surface area contributed by atoms with Crippen LogP contribution in [0.1, 0.15) is 27.9 Å². The number of benzene rings is 4. The van der Waals surface area contributed by atoms with Gasteiger partial charge < -0.3 is 25.1 Å². The first kappa shape index (κ1) is 28.4. The van der Waals surface area contributed by atoms with E-state index in [2.05, 4.69) is 47.4 Å². The topological polar surface area (TPSA) is 104 Å². The number of hydrogen-bond donors (Lipinski definition) is 2. The Hall–Kier alpha value is -4.62. The molecule has 5 aromatic rings. The number of fused-ring (bicyclic) bond motifs is 2. The van der Waals surface area contributed by atoms with Crippen LogP contribution in [0.15, 0.2) is 78.9 Å². The van der Waals surface area contributed by atoms with E-state index in [1.807, 2.05) is 25.1 Å². The van der Waals surface area contributed by atoms with Gasteiger partial charge in [-0.1, -0.05) is 54.1 Å². The highest BCUT2D eigenvalue weighted by atomic mass is 16.5. The summed E-state index contributed by atoms with van der Waals surface area (Å²) in [5, 5.41) is 12.0. The number of carbonyl (C=O) groups is 1. The second kappa shape index (κ2) is 13.0. The number of hydrogen-bond acceptors (Lipinski definition) is 6. The summed E-state index contributed by atoms with van der Waals surface area (Å²) in [6.07, 6.45) is 1.81. The molecule has 0 aliphatic heterocycles. The van der Waals surface area contributed by atoms with Crippen LogP contribution in [0.4, 0.5) is 0 Å². The van der Waals surface area contributed by atoms with Gasteiger partial charge in [0.15, 0.2) is 11.5 Å². The van der Waals surface area contributed by atoms with Crippen LogP contribution in [0.3, 0.4) is 0 Å². The maximum absolute atomic E-state index is 12.0. The van der Waals surface area contributed by atoms with E-state index in [0.29, 0.717) is 34.0 Å². The Bertz CT molecular complexity index is 1620. The van der Waals surface area contributed by atoms with Crippen LogP contribution >= 0.6 is 0 Å². The van der Waals surface area contributed by atoms with E-state index in [1.165, 1.54) is 16.3 Å². The molecule has 1 aromatic heterocycles. The molecule has 0 aliphatic rings. The van der Waals surface area contributed by atoms with Crippen LogP contribution in [0.5, 0.6) is 17.2 Å². The Balaban J connectivity index is 0.000000222. The van der Waals surface area contributed by atoms with Crippen molar-refractivity contribution < 1.29 is 24.1 Å². The minimum Gasteiger partial charge on any atom is -0.493 e. The standard InChI is InChI=1S/C20H20N2O4.C13H14O/c1-11-5-6-15-13(7-11)14(20(21)23)10-16(22-15)12-8-17(24-2)19(26-4)18(9-12)25-3;14-9-3-4-11-7-8-12-5-1-2-6-13(12)10-11/h5-10H,1-4H3,(H2,21,23);1-2,5-8,10,14H,3-4,9H2. The molecule has 0 saturated heterocycles. The van der Waals surface area contributed by atoms with Gasteiger partial charge in [0.25, 0.3) is 0 Å². The molecule has 1 heterocycles. The largest absolute Gasteiger partial charge is 0.493 e. The van der Waals surface area contributed by atoms with Crippen molar-refractivity contribution in [1.82, 2.24) is 4.98 Å². The van der Waals surface area contributed by atoms with E-state index in [-0.39, 0.29) is 6.61 Å². The van der Waals surface area contributed by atoms with Crippen LogP contribution in [-0.2, 0) is 6.42 Å². The Kier molecular flexibility index (Phi) is 9.19. The van der Waals surface area contributed by atoms with Gasteiger partial charge in [-0.2, -0.15) is 0 Å². The molecule has 0 aliphatic carbocycles. The average molecular weight is 539 g/mol. The normalized spacial score (nSPS) is 10.6. The third-order valence-electron chi connectivity index (χ3n) is 6.63. The molecule has 7 nitrogen and oxygen atoms in total. The fraction of sp³-hybridized carbons (Fsp3) is 0.212. The Morgan fingerprint density at radius 2 is 1.55 bits per heavy atom. The van der Waals surface area contributed by atoms with Gasteiger partial charge in [-0.05, 0) is 66.4 Å². The lowest BCUT2D eigenvalue weighted by Gasteiger charge is -2.15. The molecule has 4 aromatic carbocycles. The molecule has 1 amide bonds. The van der Waals surface area contributed by atoms with Gasteiger partial charge in [0, 0.05) is 17.6 Å². The number of pyridine rings is 1. The van der Waals surface area contributed by atoms with E-state index in [9.17, 15) is 4.79 Å². The zero-order valence-electron chi connectivity index (χ0n) is 23.2. The monoisotopic (exact) mass is 538 g/mol. The predicted octanol–water partition coefficient (Wildman–Crippen LogP) is 6.10. The fourth-order valence-electron chi connectivity index (χ4n) is 4.60. The first-order valence-electron chi connectivity index (χ1n) is 13.0. The lowest BCUT2D eigenvalue weighted by molar-refractivity contribution is 0.100. The van der Waals surface area contributed by atoms with Crippen LogP contribution in [0.25, 0.3) is 32.9 Å². The van der Waals surface area contributed by atoms with E-state index in [0.717, 1.165) is 29.4 Å². The second-order valence-electron chi connectivity index (χ2n) is 9.36. The maximum Gasteiger partial charge on any atom is 0.249 e. The number of aryl methyl sites for hydroxylation is 2. The lowest BCUT2D eigenvalue weighted by Crippen LogP contribution is -2.12. The van der Waals surface area contributed by atoms with Crippen molar-refractivity contribution in [3.63, 3.8) is 0 Å². The first-order valence-corrected chi connectivity index (χ1v) is 13.0. The molecule has 206 valence electrons. The Labute approximate surface area is 234 Å². The highest BCUT2D eigenvalue weighted by Crippen LogP contribution is 2.41. The summed E-state index contributed by atoms with van der Waals surface area (Å²) >= 11 is 0. The summed E-state index contributed by atoms with van der Waals surface area (Å²) < 4.78 is 16.1. The van der Waals surface area contributed by atoms with Gasteiger partial charge in [0.05, 0.1) is 38.1 Å². The van der Waals surface area contributed by atoms with Crippen LogP contribution < -0.4 is 19.9 Å². The summed E-state index contributed by atoms with van der Waals surface area (Å²) in [6, 6.07) is 25.8. The molecule has 0 fully saturated rings. The number of nitrogens with two attached hydrogens (primary N) is 1. The van der Waals surface area contributed by atoms with Crippen LogP contribution in [0.2, 0.25) is 0 Å². The van der Waals surface area contributed by atoms with Crippen molar-refractivity contribution in [3.05, 3.63) is 95.6 Å². The van der Waals surface area contributed by atoms with Gasteiger partial charge in [0.2, 0.25) is 11.7 Å². The Morgan fingerprint density at radius 3 is 2.17 bits per heavy atom. The lowest BCUT2D eigenvalue weighted by atomic mass is 10.0. The first-order chi connectivity index (χ1) is 19.4. The number of rotatable bonds is 8. The SMILES string of the molecule is COc1cc(-c2cc(C(N)=O)c3cc(C)ccc3n2)cc(OC)c1OC.OCCCc1ccc2ccccc2c1. The molecule has 0 spiro atoms. The summed E-state index contributed by atoms with van der Waals surface area (Å²) in [7, 11) is 4.64. The average Bonchev–Trinajstić information content (AvgIpc) is 2.98. The number of carbonyl (C=O) groups excluding carboxylic acids is 1. The number of primary amides is 1. The highest BCUT2D eigenvalue weighted by Gasteiger charge is 2.17. The summed E-state index contributed by atoms with van der Waals surface area (Å²) in [5.41, 5.74) is 10.4. The molecule has 3 N–H and O–H groups in total. The molecule has 5 rings (SSSR count). The number of ether oxygens (including phenoxy) is 3. The predicted molar refractivity (Wildman–Crippen MR) is 159 cm³/mol. The van der Waals surface area contributed by atoms with E-state index in [4.69, 9.17) is 25.1 Å². The summed E-state index contributed by atoms with van der Waals surface area (Å²) in [5.74, 6) is 1.00. The third kappa shape index (κ3) is 6.33. The minimum absolute atomic E-state index is 0.271. The van der Waals surface area contributed by atoms with Gasteiger partial charge in [-0.15, -0.1) is 0 Å². The van der Waals surface area contributed by atoms with Gasteiger partial charge in [-0.25, -0.2) is 4.98 Å². The minimum atomic E-state index is -0.503. The van der Waals surface area contributed by atoms with Crippen molar-refractivity contribution in [2.75, 3.05) is 27.9 Å². The number of nitrogens with zero attached hydrogens (tertiary/aromatic N) is 1. The van der Waals surface area contributed by atoms with Gasteiger partial charge in [0.1, 0.15) is 0 Å². The van der Waals surface area contributed by atoms with Crippen molar-refractivity contribution in [2.45, 2.75) is 19.8 Å². The van der Waals surface area contributed by atoms with Gasteiger partial charge in [-0.3, -0.25) is 4.79 Å².